The van der Waals surface area contributed by atoms with Crippen LogP contribution in [0.1, 0.15) is 30.1 Å². The number of hydrogen-bond acceptors (Lipinski definition) is 3. The first-order chi connectivity index (χ1) is 8.61. The summed E-state index contributed by atoms with van der Waals surface area (Å²) in [5, 5.41) is 9.07. The Bertz CT molecular complexity index is 439. The van der Waals surface area contributed by atoms with Gasteiger partial charge in [-0.2, -0.15) is 0 Å². The lowest BCUT2D eigenvalue weighted by molar-refractivity contribution is 0.101. The average Bonchev–Trinajstić information content (AvgIpc) is 2.38. The van der Waals surface area contributed by atoms with E-state index >= 15 is 0 Å². The Labute approximate surface area is 106 Å². The summed E-state index contributed by atoms with van der Waals surface area (Å²) in [5.74, 6) is -0.134. The van der Waals surface area contributed by atoms with E-state index in [2.05, 4.69) is 0 Å². The standard InChI is InChI=1S/C14H18FNO2/c1-10(18)12-2-3-14(13(15)8-12)16-6-4-11(9-17)5-7-16/h2-3,8,11,17H,4-7,9H2,1H3. The van der Waals surface area contributed by atoms with Crippen LogP contribution in [0.25, 0.3) is 0 Å². The number of hydrogen-bond donors (Lipinski definition) is 1. The molecule has 0 spiro atoms. The van der Waals surface area contributed by atoms with Gasteiger partial charge in [-0.25, -0.2) is 4.39 Å². The second-order valence-electron chi connectivity index (χ2n) is 4.84. The lowest BCUT2D eigenvalue weighted by Gasteiger charge is -2.33. The van der Waals surface area contributed by atoms with Crippen molar-refractivity contribution in [2.24, 2.45) is 5.92 Å². The Hall–Kier alpha value is -1.42. The van der Waals surface area contributed by atoms with Gasteiger partial charge >= 0.3 is 0 Å². The van der Waals surface area contributed by atoms with Crippen molar-refractivity contribution in [3.05, 3.63) is 29.6 Å². The summed E-state index contributed by atoms with van der Waals surface area (Å²) in [5.41, 5.74) is 0.956. The second kappa shape index (κ2) is 5.48. The molecule has 1 aliphatic rings. The van der Waals surface area contributed by atoms with Crippen LogP contribution in [0.3, 0.4) is 0 Å². The zero-order chi connectivity index (χ0) is 13.1. The van der Waals surface area contributed by atoms with E-state index in [1.54, 1.807) is 12.1 Å². The summed E-state index contributed by atoms with van der Waals surface area (Å²) in [6, 6.07) is 4.64. The summed E-state index contributed by atoms with van der Waals surface area (Å²) in [4.78, 5) is 13.1. The van der Waals surface area contributed by atoms with Crippen LogP contribution in [0, 0.1) is 11.7 Å². The van der Waals surface area contributed by atoms with Crippen LogP contribution >= 0.6 is 0 Å². The number of rotatable bonds is 3. The molecular formula is C14H18FNO2. The van der Waals surface area contributed by atoms with Gasteiger partial charge in [0.2, 0.25) is 0 Å². The lowest BCUT2D eigenvalue weighted by Crippen LogP contribution is -2.35. The molecule has 0 aliphatic carbocycles. The van der Waals surface area contributed by atoms with Gasteiger partial charge in [0.25, 0.3) is 0 Å². The first-order valence-electron chi connectivity index (χ1n) is 6.28. The molecule has 0 saturated carbocycles. The number of carbonyl (C=O) groups excluding carboxylic acids is 1. The van der Waals surface area contributed by atoms with E-state index in [1.807, 2.05) is 4.90 Å². The van der Waals surface area contributed by atoms with Gasteiger partial charge in [-0.15, -0.1) is 0 Å². The molecule has 18 heavy (non-hydrogen) atoms. The van der Waals surface area contributed by atoms with Crippen LogP contribution in [0.2, 0.25) is 0 Å². The molecule has 1 aromatic rings. The SMILES string of the molecule is CC(=O)c1ccc(N2CCC(CO)CC2)c(F)c1. The summed E-state index contributed by atoms with van der Waals surface area (Å²) in [6.45, 7) is 3.14. The van der Waals surface area contributed by atoms with Gasteiger partial charge < -0.3 is 10.0 Å². The van der Waals surface area contributed by atoms with Gasteiger partial charge in [-0.1, -0.05) is 0 Å². The molecule has 1 aromatic carbocycles. The number of anilines is 1. The fourth-order valence-electron chi connectivity index (χ4n) is 2.34. The molecule has 2 rings (SSSR count). The molecule has 0 aromatic heterocycles. The average molecular weight is 251 g/mol. The number of aliphatic hydroxyl groups is 1. The Kier molecular flexibility index (Phi) is 3.97. The first-order valence-corrected chi connectivity index (χ1v) is 6.28. The van der Waals surface area contributed by atoms with E-state index < -0.39 is 0 Å². The molecule has 0 atom stereocenters. The Morgan fingerprint density at radius 3 is 2.61 bits per heavy atom. The maximum atomic E-state index is 13.9. The zero-order valence-corrected chi connectivity index (χ0v) is 10.5. The fourth-order valence-corrected chi connectivity index (χ4v) is 2.34. The molecule has 0 bridgehead atoms. The van der Waals surface area contributed by atoms with E-state index in [1.165, 1.54) is 13.0 Å². The first kappa shape index (κ1) is 13.0. The normalized spacial score (nSPS) is 16.9. The minimum atomic E-state index is -0.342. The minimum absolute atomic E-state index is 0.126. The maximum absolute atomic E-state index is 13.9. The van der Waals surface area contributed by atoms with Gasteiger partial charge in [0.15, 0.2) is 5.78 Å². The van der Waals surface area contributed by atoms with Crippen LogP contribution in [0.15, 0.2) is 18.2 Å². The number of ketones is 1. The highest BCUT2D eigenvalue weighted by Gasteiger charge is 2.21. The number of nitrogens with zero attached hydrogens (tertiary/aromatic N) is 1. The van der Waals surface area contributed by atoms with Gasteiger partial charge in [0.05, 0.1) is 5.69 Å². The molecule has 3 nitrogen and oxygen atoms in total. The van der Waals surface area contributed by atoms with Crippen molar-refractivity contribution in [1.82, 2.24) is 0 Å². The number of piperidine rings is 1. The molecule has 0 unspecified atom stereocenters. The molecule has 1 aliphatic heterocycles. The van der Waals surface area contributed by atoms with E-state index in [0.29, 0.717) is 17.2 Å². The quantitative estimate of drug-likeness (QED) is 0.837. The number of carbonyl (C=O) groups is 1. The largest absolute Gasteiger partial charge is 0.396 e. The molecule has 1 saturated heterocycles. The third kappa shape index (κ3) is 2.70. The third-order valence-electron chi connectivity index (χ3n) is 3.57. The van der Waals surface area contributed by atoms with Crippen LogP contribution in [0.4, 0.5) is 10.1 Å². The minimum Gasteiger partial charge on any atom is -0.396 e. The van der Waals surface area contributed by atoms with Crippen molar-refractivity contribution in [2.75, 3.05) is 24.6 Å². The van der Waals surface area contributed by atoms with Gasteiger partial charge in [0, 0.05) is 25.3 Å². The van der Waals surface area contributed by atoms with Crippen LogP contribution in [0.5, 0.6) is 0 Å². The predicted octanol–water partition coefficient (Wildman–Crippen LogP) is 2.24. The van der Waals surface area contributed by atoms with E-state index in [4.69, 9.17) is 5.11 Å². The molecule has 1 N–H and O–H groups in total. The maximum Gasteiger partial charge on any atom is 0.159 e. The molecular weight excluding hydrogens is 233 g/mol. The molecule has 0 amide bonds. The molecule has 1 fully saturated rings. The number of benzene rings is 1. The molecule has 98 valence electrons. The van der Waals surface area contributed by atoms with Gasteiger partial charge in [0.1, 0.15) is 5.82 Å². The van der Waals surface area contributed by atoms with Crippen molar-refractivity contribution in [1.29, 1.82) is 0 Å². The van der Waals surface area contributed by atoms with Crippen LogP contribution in [-0.2, 0) is 0 Å². The van der Waals surface area contributed by atoms with Gasteiger partial charge in [-0.3, -0.25) is 4.79 Å². The number of Topliss-reactive ketones (excluding diaryl/α,β-unsaturated/α-hetero) is 1. The van der Waals surface area contributed by atoms with Gasteiger partial charge in [-0.05, 0) is 43.9 Å². The monoisotopic (exact) mass is 251 g/mol. The lowest BCUT2D eigenvalue weighted by atomic mass is 9.97. The molecule has 1 heterocycles. The van der Waals surface area contributed by atoms with Crippen LogP contribution < -0.4 is 4.90 Å². The Morgan fingerprint density at radius 1 is 1.44 bits per heavy atom. The third-order valence-corrected chi connectivity index (χ3v) is 3.57. The molecule has 4 heteroatoms. The topological polar surface area (TPSA) is 40.5 Å². The smallest absolute Gasteiger partial charge is 0.159 e. The Balaban J connectivity index is 2.12. The number of aliphatic hydroxyl groups excluding tert-OH is 1. The summed E-state index contributed by atoms with van der Waals surface area (Å²) in [6.07, 6.45) is 1.76. The summed E-state index contributed by atoms with van der Waals surface area (Å²) in [7, 11) is 0. The predicted molar refractivity (Wildman–Crippen MR) is 68.4 cm³/mol. The highest BCUT2D eigenvalue weighted by molar-refractivity contribution is 5.94. The second-order valence-corrected chi connectivity index (χ2v) is 4.84. The van der Waals surface area contributed by atoms with Crippen molar-refractivity contribution in [2.45, 2.75) is 19.8 Å². The van der Waals surface area contributed by atoms with Crippen LogP contribution in [-0.4, -0.2) is 30.6 Å². The van der Waals surface area contributed by atoms with Crippen molar-refractivity contribution in [3.63, 3.8) is 0 Å². The van der Waals surface area contributed by atoms with Crippen molar-refractivity contribution >= 4 is 11.5 Å². The van der Waals surface area contributed by atoms with E-state index in [0.717, 1.165) is 25.9 Å². The zero-order valence-electron chi connectivity index (χ0n) is 10.5. The number of halogens is 1. The van der Waals surface area contributed by atoms with Crippen molar-refractivity contribution < 1.29 is 14.3 Å². The molecule has 0 radical (unpaired) electrons. The van der Waals surface area contributed by atoms with Crippen molar-refractivity contribution in [3.8, 4) is 0 Å². The highest BCUT2D eigenvalue weighted by Crippen LogP contribution is 2.26. The van der Waals surface area contributed by atoms with E-state index in [-0.39, 0.29) is 18.2 Å². The highest BCUT2D eigenvalue weighted by atomic mass is 19.1. The Morgan fingerprint density at radius 2 is 2.11 bits per heavy atom. The fraction of sp³-hybridized carbons (Fsp3) is 0.500. The van der Waals surface area contributed by atoms with E-state index in [9.17, 15) is 9.18 Å². The summed E-state index contributed by atoms with van der Waals surface area (Å²) < 4.78 is 13.9. The summed E-state index contributed by atoms with van der Waals surface area (Å²) >= 11 is 0.